The smallest absolute Gasteiger partial charge is 0.243 e. The summed E-state index contributed by atoms with van der Waals surface area (Å²) in [6, 6.07) is 13.4. The highest BCUT2D eigenvalue weighted by Crippen LogP contribution is 2.30. The fraction of sp³-hybridized carbons (Fsp3) is 0.316. The minimum Gasteiger partial charge on any atom is -0.354 e. The average Bonchev–Trinajstić information content (AvgIpc) is 2.62. The van der Waals surface area contributed by atoms with E-state index in [-0.39, 0.29) is 10.9 Å². The van der Waals surface area contributed by atoms with Crippen molar-refractivity contribution in [1.29, 1.82) is 0 Å². The Bertz CT molecular complexity index is 889. The molecule has 0 saturated carbocycles. The third-order valence-electron chi connectivity index (χ3n) is 4.04. The van der Waals surface area contributed by atoms with E-state index in [0.717, 1.165) is 16.1 Å². The Morgan fingerprint density at radius 1 is 1.11 bits per heavy atom. The number of hydrogen-bond donors (Lipinski definition) is 1. The molecule has 0 aliphatic carbocycles. The van der Waals surface area contributed by atoms with E-state index >= 15 is 0 Å². The van der Waals surface area contributed by atoms with Crippen molar-refractivity contribution in [3.8, 4) is 0 Å². The number of nitrogens with one attached hydrogen (secondary N) is 1. The van der Waals surface area contributed by atoms with Gasteiger partial charge in [0.1, 0.15) is 6.04 Å². The van der Waals surface area contributed by atoms with Crippen LogP contribution in [0.1, 0.15) is 18.9 Å². The zero-order chi connectivity index (χ0) is 20.0. The topological polar surface area (TPSA) is 66.5 Å². The van der Waals surface area contributed by atoms with Gasteiger partial charge in [0, 0.05) is 6.54 Å². The maximum atomic E-state index is 12.7. The molecule has 1 N–H and O–H groups in total. The molecule has 0 unspecified atom stereocenters. The lowest BCUT2D eigenvalue weighted by atomic mass is 10.1. The first-order valence-electron chi connectivity index (χ1n) is 8.50. The van der Waals surface area contributed by atoms with Gasteiger partial charge in [-0.25, -0.2) is 8.42 Å². The fourth-order valence-electron chi connectivity index (χ4n) is 2.77. The van der Waals surface area contributed by atoms with Gasteiger partial charge in [-0.3, -0.25) is 9.10 Å². The van der Waals surface area contributed by atoms with E-state index in [1.165, 1.54) is 18.2 Å². The normalized spacial score (nSPS) is 12.4. The predicted molar refractivity (Wildman–Crippen MR) is 111 cm³/mol. The lowest BCUT2D eigenvalue weighted by Gasteiger charge is -2.30. The van der Waals surface area contributed by atoms with Crippen molar-refractivity contribution in [1.82, 2.24) is 5.32 Å². The molecule has 0 fully saturated rings. The van der Waals surface area contributed by atoms with Crippen LogP contribution in [0.15, 0.2) is 48.5 Å². The summed E-state index contributed by atoms with van der Waals surface area (Å²) in [5.74, 6) is -0.357. The number of halogens is 2. The maximum absolute atomic E-state index is 12.7. The van der Waals surface area contributed by atoms with E-state index in [1.807, 2.05) is 30.3 Å². The van der Waals surface area contributed by atoms with Crippen LogP contribution in [0, 0.1) is 0 Å². The molecule has 0 aliphatic heterocycles. The van der Waals surface area contributed by atoms with Crippen LogP contribution in [0.5, 0.6) is 0 Å². The number of carbonyl (C=O) groups is 1. The SMILES string of the molecule is CC[C@@H](C(=O)NCCc1ccccc1)N(c1ccc(Cl)c(Cl)c1)S(C)(=O)=O. The van der Waals surface area contributed by atoms with Gasteiger partial charge in [0.05, 0.1) is 22.0 Å². The van der Waals surface area contributed by atoms with Crippen LogP contribution >= 0.6 is 23.2 Å². The summed E-state index contributed by atoms with van der Waals surface area (Å²) in [5.41, 5.74) is 1.40. The minimum absolute atomic E-state index is 0.224. The molecule has 0 radical (unpaired) electrons. The molecule has 1 amide bonds. The zero-order valence-electron chi connectivity index (χ0n) is 15.2. The summed E-state index contributed by atoms with van der Waals surface area (Å²) in [6.07, 6.45) is 2.04. The van der Waals surface area contributed by atoms with Gasteiger partial charge >= 0.3 is 0 Å². The first-order valence-corrected chi connectivity index (χ1v) is 11.1. The van der Waals surface area contributed by atoms with Crippen molar-refractivity contribution in [2.45, 2.75) is 25.8 Å². The number of amides is 1. The van der Waals surface area contributed by atoms with Gasteiger partial charge in [0.25, 0.3) is 0 Å². The van der Waals surface area contributed by atoms with Crippen molar-refractivity contribution < 1.29 is 13.2 Å². The number of hydrogen-bond acceptors (Lipinski definition) is 3. The van der Waals surface area contributed by atoms with Crippen molar-refractivity contribution in [3.05, 3.63) is 64.1 Å². The van der Waals surface area contributed by atoms with Gasteiger partial charge in [-0.1, -0.05) is 60.5 Å². The number of nitrogens with zero attached hydrogens (tertiary/aromatic N) is 1. The molecule has 0 aromatic heterocycles. The molecule has 2 aromatic carbocycles. The summed E-state index contributed by atoms with van der Waals surface area (Å²) < 4.78 is 25.9. The monoisotopic (exact) mass is 428 g/mol. The number of anilines is 1. The summed E-state index contributed by atoms with van der Waals surface area (Å²) in [7, 11) is -3.71. The summed E-state index contributed by atoms with van der Waals surface area (Å²) in [4.78, 5) is 12.7. The number of carbonyl (C=O) groups excluding carboxylic acids is 1. The van der Waals surface area contributed by atoms with E-state index in [9.17, 15) is 13.2 Å². The summed E-state index contributed by atoms with van der Waals surface area (Å²) in [6.45, 7) is 2.18. The third kappa shape index (κ3) is 5.86. The molecule has 1 atom stereocenters. The van der Waals surface area contributed by atoms with E-state index in [2.05, 4.69) is 5.32 Å². The fourth-order valence-corrected chi connectivity index (χ4v) is 4.27. The first-order chi connectivity index (χ1) is 12.7. The highest BCUT2D eigenvalue weighted by atomic mass is 35.5. The van der Waals surface area contributed by atoms with Crippen LogP contribution in [0.4, 0.5) is 5.69 Å². The molecule has 0 heterocycles. The maximum Gasteiger partial charge on any atom is 0.243 e. The van der Waals surface area contributed by atoms with Crippen LogP contribution in [-0.4, -0.2) is 33.2 Å². The number of sulfonamides is 1. The van der Waals surface area contributed by atoms with Crippen molar-refractivity contribution in [3.63, 3.8) is 0 Å². The molecule has 2 aromatic rings. The standard InChI is InChI=1S/C19H22Cl2N2O3S/c1-3-18(19(24)22-12-11-14-7-5-4-6-8-14)23(27(2,25)26)15-9-10-16(20)17(21)13-15/h4-10,13,18H,3,11-12H2,1-2H3,(H,22,24)/t18-/m0/s1. The largest absolute Gasteiger partial charge is 0.354 e. The molecule has 0 saturated heterocycles. The van der Waals surface area contributed by atoms with Gasteiger partial charge in [-0.2, -0.15) is 0 Å². The molecule has 0 aliphatic rings. The number of rotatable bonds is 8. The van der Waals surface area contributed by atoms with E-state index in [1.54, 1.807) is 6.92 Å². The van der Waals surface area contributed by atoms with Crippen LogP contribution < -0.4 is 9.62 Å². The second-order valence-electron chi connectivity index (χ2n) is 6.11. The highest BCUT2D eigenvalue weighted by molar-refractivity contribution is 7.92. The Morgan fingerprint density at radius 2 is 1.78 bits per heavy atom. The molecule has 146 valence electrons. The lowest BCUT2D eigenvalue weighted by molar-refractivity contribution is -0.122. The molecule has 27 heavy (non-hydrogen) atoms. The second-order valence-corrected chi connectivity index (χ2v) is 8.78. The lowest BCUT2D eigenvalue weighted by Crippen LogP contribution is -2.49. The second kappa shape index (κ2) is 9.44. The van der Waals surface area contributed by atoms with Crippen molar-refractivity contribution >= 4 is 44.8 Å². The van der Waals surface area contributed by atoms with E-state index < -0.39 is 16.1 Å². The van der Waals surface area contributed by atoms with Crippen LogP contribution in [0.3, 0.4) is 0 Å². The Hall–Kier alpha value is -1.76. The molecular weight excluding hydrogens is 407 g/mol. The molecule has 5 nitrogen and oxygen atoms in total. The van der Waals surface area contributed by atoms with Crippen LogP contribution in [0.2, 0.25) is 10.0 Å². The summed E-state index contributed by atoms with van der Waals surface area (Å²) >= 11 is 12.0. The van der Waals surface area contributed by atoms with Crippen LogP contribution in [0.25, 0.3) is 0 Å². The van der Waals surface area contributed by atoms with Crippen molar-refractivity contribution in [2.24, 2.45) is 0 Å². The number of benzene rings is 2. The Morgan fingerprint density at radius 3 is 2.33 bits per heavy atom. The average molecular weight is 429 g/mol. The molecule has 2 rings (SSSR count). The van der Waals surface area contributed by atoms with Gasteiger partial charge in [-0.15, -0.1) is 0 Å². The van der Waals surface area contributed by atoms with Gasteiger partial charge in [-0.05, 0) is 36.6 Å². The minimum atomic E-state index is -3.71. The Balaban J connectivity index is 2.18. The Labute approximate surface area is 170 Å². The third-order valence-corrected chi connectivity index (χ3v) is 5.96. The summed E-state index contributed by atoms with van der Waals surface area (Å²) in [5, 5.41) is 3.36. The first kappa shape index (κ1) is 21.5. The van der Waals surface area contributed by atoms with Gasteiger partial charge < -0.3 is 5.32 Å². The zero-order valence-corrected chi connectivity index (χ0v) is 17.5. The Kier molecular flexibility index (Phi) is 7.53. The van der Waals surface area contributed by atoms with Gasteiger partial charge in [0.15, 0.2) is 0 Å². The molecule has 0 bridgehead atoms. The molecule has 8 heteroatoms. The van der Waals surface area contributed by atoms with E-state index in [0.29, 0.717) is 30.1 Å². The highest BCUT2D eigenvalue weighted by Gasteiger charge is 2.31. The molecule has 0 spiro atoms. The van der Waals surface area contributed by atoms with Gasteiger partial charge in [0.2, 0.25) is 15.9 Å². The van der Waals surface area contributed by atoms with E-state index in [4.69, 9.17) is 23.2 Å². The quantitative estimate of drug-likeness (QED) is 0.692. The molecular formula is C19H22Cl2N2O3S. The van der Waals surface area contributed by atoms with Crippen molar-refractivity contribution in [2.75, 3.05) is 17.1 Å². The van der Waals surface area contributed by atoms with Crippen LogP contribution in [-0.2, 0) is 21.2 Å². The predicted octanol–water partition coefficient (Wildman–Crippen LogP) is 3.90.